The molecule has 0 saturated carbocycles. The Morgan fingerprint density at radius 2 is 1.65 bits per heavy atom. The lowest BCUT2D eigenvalue weighted by Crippen LogP contribution is -2.32. The molecule has 5 rings (SSSR count). The summed E-state index contributed by atoms with van der Waals surface area (Å²) in [6.45, 7) is 5.80. The number of nitrogens with one attached hydrogen (secondary N) is 3. The van der Waals surface area contributed by atoms with Crippen LogP contribution in [0.5, 0.6) is 0 Å². The van der Waals surface area contributed by atoms with E-state index in [-0.39, 0.29) is 11.8 Å². The van der Waals surface area contributed by atoms with Crippen molar-refractivity contribution in [2.45, 2.75) is 26.8 Å². The molecule has 8 heteroatoms. The lowest BCUT2D eigenvalue weighted by atomic mass is 9.94. The van der Waals surface area contributed by atoms with Crippen LogP contribution in [0.4, 0.5) is 17.2 Å². The standard InChI is InChI=1S/C29H26ClN5O2/c1-17-9-14-24(18(2)15-17)34-29(37)25-19(3)32-27-23(28(36)33-22-7-5-4-6-8-22)16-31-35(27)26(25)20-10-12-21(30)13-11-20/h4-16,26,32H,1-3H3,(H,33,36)(H,34,37)/t26-/m1/s1. The van der Waals surface area contributed by atoms with E-state index in [1.165, 1.54) is 6.20 Å². The number of amides is 2. The van der Waals surface area contributed by atoms with Gasteiger partial charge in [0, 0.05) is 22.1 Å². The van der Waals surface area contributed by atoms with Crippen molar-refractivity contribution in [3.8, 4) is 0 Å². The van der Waals surface area contributed by atoms with Gasteiger partial charge in [0.1, 0.15) is 17.4 Å². The van der Waals surface area contributed by atoms with E-state index >= 15 is 0 Å². The van der Waals surface area contributed by atoms with Crippen molar-refractivity contribution in [1.82, 2.24) is 9.78 Å². The zero-order valence-corrected chi connectivity index (χ0v) is 21.4. The highest BCUT2D eigenvalue weighted by Crippen LogP contribution is 2.38. The van der Waals surface area contributed by atoms with Crippen molar-refractivity contribution in [2.24, 2.45) is 0 Å². The molecular weight excluding hydrogens is 486 g/mol. The van der Waals surface area contributed by atoms with Gasteiger partial charge in [-0.25, -0.2) is 4.68 Å². The number of rotatable bonds is 5. The van der Waals surface area contributed by atoms with Crippen molar-refractivity contribution >= 4 is 40.6 Å². The maximum absolute atomic E-state index is 13.7. The number of allylic oxidation sites excluding steroid dienone is 1. The Morgan fingerprint density at radius 3 is 2.35 bits per heavy atom. The van der Waals surface area contributed by atoms with Crippen LogP contribution in [0.2, 0.25) is 5.02 Å². The molecule has 1 aromatic heterocycles. The topological polar surface area (TPSA) is 88.0 Å². The second-order valence-electron chi connectivity index (χ2n) is 9.06. The number of benzene rings is 3. The third-order valence-corrected chi connectivity index (χ3v) is 6.61. The van der Waals surface area contributed by atoms with Gasteiger partial charge in [-0.3, -0.25) is 9.59 Å². The quantitative estimate of drug-likeness (QED) is 0.292. The fraction of sp³-hybridized carbons (Fsp3) is 0.138. The molecule has 0 bridgehead atoms. The van der Waals surface area contributed by atoms with Gasteiger partial charge in [0.25, 0.3) is 11.8 Å². The highest BCUT2D eigenvalue weighted by molar-refractivity contribution is 6.30. The van der Waals surface area contributed by atoms with E-state index in [4.69, 9.17) is 11.6 Å². The highest BCUT2D eigenvalue weighted by atomic mass is 35.5. The lowest BCUT2D eigenvalue weighted by molar-refractivity contribution is -0.113. The first-order valence-electron chi connectivity index (χ1n) is 11.9. The number of nitrogens with zero attached hydrogens (tertiary/aromatic N) is 2. The molecule has 186 valence electrons. The summed E-state index contributed by atoms with van der Waals surface area (Å²) in [6, 6.07) is 21.8. The van der Waals surface area contributed by atoms with Crippen LogP contribution >= 0.6 is 11.6 Å². The molecule has 1 aliphatic heterocycles. The Hall–Kier alpha value is -4.36. The summed E-state index contributed by atoms with van der Waals surface area (Å²) in [4.78, 5) is 26.8. The number of carbonyl (C=O) groups excluding carboxylic acids is 2. The molecule has 7 nitrogen and oxygen atoms in total. The summed E-state index contributed by atoms with van der Waals surface area (Å²) in [6.07, 6.45) is 1.52. The van der Waals surface area contributed by atoms with E-state index < -0.39 is 6.04 Å². The Kier molecular flexibility index (Phi) is 6.54. The number of halogens is 1. The molecule has 0 unspecified atom stereocenters. The van der Waals surface area contributed by atoms with E-state index in [0.717, 1.165) is 22.4 Å². The SMILES string of the molecule is CC1=C(C(=O)Nc2ccc(C)cc2C)[C@@H](c2ccc(Cl)cc2)n2ncc(C(=O)Nc3ccccc3)c2N1. The summed E-state index contributed by atoms with van der Waals surface area (Å²) in [5.41, 5.74) is 5.81. The predicted octanol–water partition coefficient (Wildman–Crippen LogP) is 6.33. The molecule has 0 radical (unpaired) electrons. The van der Waals surface area contributed by atoms with E-state index in [1.807, 2.05) is 81.4 Å². The molecule has 2 heterocycles. The highest BCUT2D eigenvalue weighted by Gasteiger charge is 2.35. The second kappa shape index (κ2) is 9.95. The van der Waals surface area contributed by atoms with E-state index in [9.17, 15) is 9.59 Å². The van der Waals surface area contributed by atoms with Gasteiger partial charge in [0.2, 0.25) is 0 Å². The molecule has 1 aliphatic rings. The van der Waals surface area contributed by atoms with Crippen molar-refractivity contribution in [1.29, 1.82) is 0 Å². The van der Waals surface area contributed by atoms with E-state index in [1.54, 1.807) is 16.8 Å². The third-order valence-electron chi connectivity index (χ3n) is 6.36. The molecule has 2 amide bonds. The molecule has 3 aromatic carbocycles. The van der Waals surface area contributed by atoms with Crippen LogP contribution in [0.25, 0.3) is 0 Å². The van der Waals surface area contributed by atoms with E-state index in [2.05, 4.69) is 21.0 Å². The first-order chi connectivity index (χ1) is 17.8. The van der Waals surface area contributed by atoms with Crippen molar-refractivity contribution in [2.75, 3.05) is 16.0 Å². The van der Waals surface area contributed by atoms with Gasteiger partial charge in [-0.2, -0.15) is 5.10 Å². The minimum atomic E-state index is -0.572. The summed E-state index contributed by atoms with van der Waals surface area (Å²) >= 11 is 6.16. The first kappa shape index (κ1) is 24.3. The van der Waals surface area contributed by atoms with Gasteiger partial charge < -0.3 is 16.0 Å². The molecule has 37 heavy (non-hydrogen) atoms. The van der Waals surface area contributed by atoms with Crippen LogP contribution in [-0.2, 0) is 4.79 Å². The summed E-state index contributed by atoms with van der Waals surface area (Å²) < 4.78 is 1.67. The second-order valence-corrected chi connectivity index (χ2v) is 9.50. The van der Waals surface area contributed by atoms with Gasteiger partial charge >= 0.3 is 0 Å². The van der Waals surface area contributed by atoms with Crippen LogP contribution in [0.15, 0.2) is 90.3 Å². The lowest BCUT2D eigenvalue weighted by Gasteiger charge is -2.30. The third kappa shape index (κ3) is 4.86. The molecule has 0 spiro atoms. The average molecular weight is 512 g/mol. The van der Waals surface area contributed by atoms with Crippen LogP contribution in [-0.4, -0.2) is 21.6 Å². The summed E-state index contributed by atoms with van der Waals surface area (Å²) in [5.74, 6) is -0.0481. The summed E-state index contributed by atoms with van der Waals surface area (Å²) in [5, 5.41) is 14.4. The average Bonchev–Trinajstić information content (AvgIpc) is 3.29. The zero-order chi connectivity index (χ0) is 26.1. The Morgan fingerprint density at radius 1 is 0.919 bits per heavy atom. The molecule has 0 aliphatic carbocycles. The van der Waals surface area contributed by atoms with Gasteiger partial charge in [-0.15, -0.1) is 0 Å². The molecule has 0 saturated heterocycles. The largest absolute Gasteiger partial charge is 0.343 e. The predicted molar refractivity (Wildman–Crippen MR) is 147 cm³/mol. The van der Waals surface area contributed by atoms with Crippen molar-refractivity contribution in [3.05, 3.63) is 118 Å². The van der Waals surface area contributed by atoms with Gasteiger partial charge in [0.05, 0.1) is 11.8 Å². The monoisotopic (exact) mass is 511 g/mol. The van der Waals surface area contributed by atoms with Gasteiger partial charge in [0.15, 0.2) is 0 Å². The molecule has 4 aromatic rings. The number of para-hydroxylation sites is 1. The number of carbonyl (C=O) groups is 2. The van der Waals surface area contributed by atoms with Crippen LogP contribution in [0.1, 0.15) is 40.0 Å². The molecule has 0 fully saturated rings. The van der Waals surface area contributed by atoms with Crippen LogP contribution in [0, 0.1) is 13.8 Å². The van der Waals surface area contributed by atoms with E-state index in [0.29, 0.717) is 33.4 Å². The minimum absolute atomic E-state index is 0.256. The Labute approximate surface area is 220 Å². The Bertz CT molecular complexity index is 1520. The van der Waals surface area contributed by atoms with Gasteiger partial charge in [-0.05, 0) is 62.2 Å². The smallest absolute Gasteiger partial charge is 0.261 e. The maximum Gasteiger partial charge on any atom is 0.261 e. The van der Waals surface area contributed by atoms with Crippen LogP contribution in [0.3, 0.4) is 0 Å². The first-order valence-corrected chi connectivity index (χ1v) is 12.3. The van der Waals surface area contributed by atoms with Crippen molar-refractivity contribution in [3.63, 3.8) is 0 Å². The molecule has 1 atom stereocenters. The van der Waals surface area contributed by atoms with Gasteiger partial charge in [-0.1, -0.05) is 59.6 Å². The number of fused-ring (bicyclic) bond motifs is 1. The molecular formula is C29H26ClN5O2. The number of hydrogen-bond acceptors (Lipinski definition) is 4. The Balaban J connectivity index is 1.55. The maximum atomic E-state index is 13.7. The van der Waals surface area contributed by atoms with Crippen molar-refractivity contribution < 1.29 is 9.59 Å². The summed E-state index contributed by atoms with van der Waals surface area (Å²) in [7, 11) is 0. The normalized spacial score (nSPS) is 14.5. The number of anilines is 3. The number of hydrogen-bond donors (Lipinski definition) is 3. The minimum Gasteiger partial charge on any atom is -0.343 e. The fourth-order valence-corrected chi connectivity index (χ4v) is 4.66. The van der Waals surface area contributed by atoms with Crippen LogP contribution < -0.4 is 16.0 Å². The fourth-order valence-electron chi connectivity index (χ4n) is 4.53. The number of aromatic nitrogens is 2. The zero-order valence-electron chi connectivity index (χ0n) is 20.7. The molecule has 3 N–H and O–H groups in total. The number of aryl methyl sites for hydroxylation is 2.